The number of hydrogen-bond donors (Lipinski definition) is 1. The van der Waals surface area contributed by atoms with Crippen LogP contribution in [0.1, 0.15) is 21.8 Å². The monoisotopic (exact) mass is 464 g/mol. The van der Waals surface area contributed by atoms with Crippen LogP contribution in [0, 0.1) is 13.8 Å². The Balaban J connectivity index is 1.59. The lowest BCUT2D eigenvalue weighted by Gasteiger charge is -2.10. The molecule has 3 rings (SSSR count). The number of carbonyl (C=O) groups excluding carboxylic acids is 1. The fourth-order valence-corrected chi connectivity index (χ4v) is 4.36. The first-order valence-corrected chi connectivity index (χ1v) is 10.3. The highest BCUT2D eigenvalue weighted by atomic mass is 79.9. The second-order valence-electron chi connectivity index (χ2n) is 6.09. The summed E-state index contributed by atoms with van der Waals surface area (Å²) in [6.45, 7) is 4.20. The Morgan fingerprint density at radius 3 is 2.78 bits per heavy atom. The van der Waals surface area contributed by atoms with Crippen LogP contribution < -0.4 is 10.1 Å². The predicted octanol–water partition coefficient (Wildman–Crippen LogP) is 5.94. The molecule has 1 heterocycles. The second kappa shape index (κ2) is 8.87. The van der Waals surface area contributed by atoms with Gasteiger partial charge in [-0.15, -0.1) is 11.3 Å². The van der Waals surface area contributed by atoms with Gasteiger partial charge in [-0.25, -0.2) is 4.98 Å². The Morgan fingerprint density at radius 1 is 1.26 bits per heavy atom. The number of ether oxygens (including phenoxy) is 1. The van der Waals surface area contributed by atoms with E-state index in [0.29, 0.717) is 17.4 Å². The molecule has 2 aromatic carbocycles. The molecule has 0 bridgehead atoms. The molecule has 0 aliphatic heterocycles. The third-order valence-electron chi connectivity index (χ3n) is 3.89. The van der Waals surface area contributed by atoms with Crippen LogP contribution in [0.5, 0.6) is 5.75 Å². The molecule has 0 radical (unpaired) electrons. The average Bonchev–Trinajstić information content (AvgIpc) is 3.03. The average molecular weight is 466 g/mol. The van der Waals surface area contributed by atoms with Crippen molar-refractivity contribution in [1.82, 2.24) is 4.98 Å². The first kappa shape index (κ1) is 19.9. The maximum atomic E-state index is 12.2. The van der Waals surface area contributed by atoms with Crippen LogP contribution in [0.15, 0.2) is 46.3 Å². The molecule has 0 unspecified atom stereocenters. The standard InChI is InChI=1S/C20H18BrClN2O2S/c1-12-5-3-4-6-17(12)24-18(25)9-19-23-15(11-27-19)10-26-20-13(2)7-14(21)8-16(20)22/h3-8,11H,9-10H2,1-2H3,(H,24,25). The van der Waals surface area contributed by atoms with Crippen molar-refractivity contribution in [2.24, 2.45) is 0 Å². The van der Waals surface area contributed by atoms with E-state index in [1.165, 1.54) is 11.3 Å². The molecule has 1 N–H and O–H groups in total. The number of anilines is 1. The minimum Gasteiger partial charge on any atom is -0.485 e. The second-order valence-corrected chi connectivity index (χ2v) is 8.36. The number of halogens is 2. The van der Waals surface area contributed by atoms with Crippen molar-refractivity contribution in [3.8, 4) is 5.75 Å². The summed E-state index contributed by atoms with van der Waals surface area (Å²) < 4.78 is 6.74. The number of hydrogen-bond acceptors (Lipinski definition) is 4. The lowest BCUT2D eigenvalue weighted by molar-refractivity contribution is -0.115. The van der Waals surface area contributed by atoms with Gasteiger partial charge in [0, 0.05) is 15.5 Å². The van der Waals surface area contributed by atoms with Gasteiger partial charge in [0.15, 0.2) is 0 Å². The summed E-state index contributed by atoms with van der Waals surface area (Å²) >= 11 is 11.1. The number of carbonyl (C=O) groups is 1. The third kappa shape index (κ3) is 5.31. The summed E-state index contributed by atoms with van der Waals surface area (Å²) in [6.07, 6.45) is 0.233. The molecule has 0 saturated carbocycles. The molecule has 0 spiro atoms. The first-order valence-electron chi connectivity index (χ1n) is 8.29. The van der Waals surface area contributed by atoms with Crippen molar-refractivity contribution < 1.29 is 9.53 Å². The SMILES string of the molecule is Cc1ccccc1NC(=O)Cc1nc(COc2c(C)cc(Br)cc2Cl)cs1. The molecule has 7 heteroatoms. The molecule has 1 amide bonds. The van der Waals surface area contributed by atoms with E-state index in [9.17, 15) is 4.79 Å². The van der Waals surface area contributed by atoms with E-state index >= 15 is 0 Å². The molecule has 27 heavy (non-hydrogen) atoms. The van der Waals surface area contributed by atoms with E-state index in [0.717, 1.165) is 32.0 Å². The van der Waals surface area contributed by atoms with Crippen LogP contribution in [0.25, 0.3) is 0 Å². The first-order chi connectivity index (χ1) is 12.9. The Bertz CT molecular complexity index is 951. The Hall–Kier alpha value is -1.89. The third-order valence-corrected chi connectivity index (χ3v) is 5.52. The van der Waals surface area contributed by atoms with Crippen molar-refractivity contribution in [2.75, 3.05) is 5.32 Å². The van der Waals surface area contributed by atoms with Gasteiger partial charge in [-0.1, -0.05) is 45.7 Å². The van der Waals surface area contributed by atoms with Crippen LogP contribution in [0.4, 0.5) is 5.69 Å². The summed E-state index contributed by atoms with van der Waals surface area (Å²) in [7, 11) is 0. The normalized spacial score (nSPS) is 10.7. The van der Waals surface area contributed by atoms with Gasteiger partial charge in [0.2, 0.25) is 5.91 Å². The number of amides is 1. The predicted molar refractivity (Wildman–Crippen MR) is 114 cm³/mol. The van der Waals surface area contributed by atoms with Gasteiger partial charge >= 0.3 is 0 Å². The lowest BCUT2D eigenvalue weighted by Crippen LogP contribution is -2.15. The molecule has 0 atom stereocenters. The van der Waals surface area contributed by atoms with Crippen LogP contribution >= 0.6 is 38.9 Å². The number of aryl methyl sites for hydroxylation is 2. The van der Waals surface area contributed by atoms with Crippen LogP contribution in [-0.4, -0.2) is 10.9 Å². The quantitative estimate of drug-likeness (QED) is 0.490. The van der Waals surface area contributed by atoms with Gasteiger partial charge in [0.1, 0.15) is 17.4 Å². The summed E-state index contributed by atoms with van der Waals surface area (Å²) in [5, 5.41) is 6.12. The smallest absolute Gasteiger partial charge is 0.231 e. The summed E-state index contributed by atoms with van der Waals surface area (Å²) in [5.41, 5.74) is 3.57. The number of nitrogens with zero attached hydrogens (tertiary/aromatic N) is 1. The molecule has 0 aliphatic rings. The van der Waals surface area contributed by atoms with Crippen molar-refractivity contribution in [3.63, 3.8) is 0 Å². The van der Waals surface area contributed by atoms with Gasteiger partial charge in [0.25, 0.3) is 0 Å². The number of para-hydroxylation sites is 1. The van der Waals surface area contributed by atoms with Crippen molar-refractivity contribution in [1.29, 1.82) is 0 Å². The summed E-state index contributed by atoms with van der Waals surface area (Å²) in [6, 6.07) is 11.4. The number of aromatic nitrogens is 1. The van der Waals surface area contributed by atoms with Gasteiger partial charge < -0.3 is 10.1 Å². The molecule has 0 saturated heterocycles. The van der Waals surface area contributed by atoms with Gasteiger partial charge in [-0.05, 0) is 43.2 Å². The fraction of sp³-hybridized carbons (Fsp3) is 0.200. The molecule has 0 aliphatic carbocycles. The minimum atomic E-state index is -0.0853. The zero-order valence-electron chi connectivity index (χ0n) is 14.9. The van der Waals surface area contributed by atoms with E-state index in [1.54, 1.807) is 6.07 Å². The fourth-order valence-electron chi connectivity index (χ4n) is 2.56. The Morgan fingerprint density at radius 2 is 2.04 bits per heavy atom. The maximum Gasteiger partial charge on any atom is 0.231 e. The summed E-state index contributed by atoms with van der Waals surface area (Å²) in [4.78, 5) is 16.7. The van der Waals surface area contributed by atoms with E-state index in [4.69, 9.17) is 16.3 Å². The van der Waals surface area contributed by atoms with Crippen molar-refractivity contribution in [3.05, 3.63) is 73.1 Å². The van der Waals surface area contributed by atoms with Crippen LogP contribution in [0.2, 0.25) is 5.02 Å². The molecular weight excluding hydrogens is 448 g/mol. The maximum absolute atomic E-state index is 12.2. The molecule has 3 aromatic rings. The molecular formula is C20H18BrClN2O2S. The number of thiazole rings is 1. The largest absolute Gasteiger partial charge is 0.485 e. The molecule has 0 fully saturated rings. The number of rotatable bonds is 6. The topological polar surface area (TPSA) is 51.2 Å². The van der Waals surface area contributed by atoms with E-state index in [2.05, 4.69) is 26.2 Å². The van der Waals surface area contributed by atoms with Gasteiger partial charge in [0.05, 0.1) is 17.1 Å². The zero-order valence-corrected chi connectivity index (χ0v) is 18.0. The minimum absolute atomic E-state index is 0.0853. The highest BCUT2D eigenvalue weighted by Crippen LogP contribution is 2.32. The van der Waals surface area contributed by atoms with E-state index in [-0.39, 0.29) is 12.3 Å². The molecule has 4 nitrogen and oxygen atoms in total. The van der Waals surface area contributed by atoms with Crippen molar-refractivity contribution in [2.45, 2.75) is 26.9 Å². The Labute approximate surface area is 175 Å². The Kier molecular flexibility index (Phi) is 6.52. The van der Waals surface area contributed by atoms with Crippen LogP contribution in [0.3, 0.4) is 0 Å². The number of benzene rings is 2. The molecule has 1 aromatic heterocycles. The van der Waals surface area contributed by atoms with Crippen molar-refractivity contribution >= 4 is 50.5 Å². The van der Waals surface area contributed by atoms with E-state index < -0.39 is 0 Å². The summed E-state index contributed by atoms with van der Waals surface area (Å²) in [5.74, 6) is 0.560. The highest BCUT2D eigenvalue weighted by molar-refractivity contribution is 9.10. The zero-order chi connectivity index (χ0) is 19.4. The number of nitrogens with one attached hydrogen (secondary N) is 1. The van der Waals surface area contributed by atoms with Gasteiger partial charge in [-0.2, -0.15) is 0 Å². The van der Waals surface area contributed by atoms with Gasteiger partial charge in [-0.3, -0.25) is 4.79 Å². The lowest BCUT2D eigenvalue weighted by atomic mass is 10.2. The highest BCUT2D eigenvalue weighted by Gasteiger charge is 2.12. The van der Waals surface area contributed by atoms with Crippen LogP contribution in [-0.2, 0) is 17.8 Å². The molecule has 140 valence electrons. The van der Waals surface area contributed by atoms with E-state index in [1.807, 2.05) is 49.6 Å².